The van der Waals surface area contributed by atoms with Gasteiger partial charge in [-0.15, -0.1) is 11.3 Å². The van der Waals surface area contributed by atoms with Crippen molar-refractivity contribution in [2.75, 3.05) is 20.1 Å². The summed E-state index contributed by atoms with van der Waals surface area (Å²) in [5.41, 5.74) is 2.00. The molecule has 1 amide bonds. The molecule has 26 heavy (non-hydrogen) atoms. The van der Waals surface area contributed by atoms with E-state index in [0.29, 0.717) is 24.7 Å². The van der Waals surface area contributed by atoms with Crippen molar-refractivity contribution in [3.63, 3.8) is 0 Å². The quantitative estimate of drug-likeness (QED) is 0.776. The molecule has 1 aromatic heterocycles. The fourth-order valence-electron chi connectivity index (χ4n) is 3.04. The van der Waals surface area contributed by atoms with Gasteiger partial charge < -0.3 is 9.64 Å². The van der Waals surface area contributed by atoms with Crippen molar-refractivity contribution in [1.82, 2.24) is 14.8 Å². The molecule has 1 unspecified atom stereocenters. The highest BCUT2D eigenvalue weighted by Gasteiger charge is 2.24. The molecule has 0 saturated carbocycles. The minimum Gasteiger partial charge on any atom is -0.489 e. The Labute approximate surface area is 163 Å². The summed E-state index contributed by atoms with van der Waals surface area (Å²) in [6, 6.07) is 5.71. The summed E-state index contributed by atoms with van der Waals surface area (Å²) in [5.74, 6) is 0.911. The predicted molar refractivity (Wildman–Crippen MR) is 105 cm³/mol. The number of likely N-dealkylation sites (N-methyl/N-ethyl adjacent to an activating group) is 1. The van der Waals surface area contributed by atoms with Crippen LogP contribution in [0.3, 0.4) is 0 Å². The molecule has 7 heteroatoms. The highest BCUT2D eigenvalue weighted by atomic mass is 35.5. The van der Waals surface area contributed by atoms with E-state index >= 15 is 0 Å². The van der Waals surface area contributed by atoms with Crippen LogP contribution >= 0.6 is 22.9 Å². The smallest absolute Gasteiger partial charge is 0.236 e. The van der Waals surface area contributed by atoms with E-state index in [4.69, 9.17) is 16.3 Å². The molecule has 0 saturated heterocycles. The van der Waals surface area contributed by atoms with Crippen LogP contribution < -0.4 is 4.74 Å². The normalized spacial score (nSPS) is 17.3. The number of ether oxygens (including phenoxy) is 1. The van der Waals surface area contributed by atoms with Gasteiger partial charge in [0.05, 0.1) is 23.8 Å². The van der Waals surface area contributed by atoms with Gasteiger partial charge in [0.2, 0.25) is 5.91 Å². The van der Waals surface area contributed by atoms with E-state index in [0.717, 1.165) is 35.0 Å². The van der Waals surface area contributed by atoms with Gasteiger partial charge in [-0.2, -0.15) is 0 Å². The molecule has 5 nitrogen and oxygen atoms in total. The van der Waals surface area contributed by atoms with E-state index in [9.17, 15) is 4.79 Å². The first-order valence-electron chi connectivity index (χ1n) is 8.77. The standard InChI is InChI=1S/C19H24ClN3O2S/c1-4-17-10-23(8-14-5-6-15(20)7-18(14)25-17)11-19(24)22(3)9-16-12-26-13(2)21-16/h5-7,12,17H,4,8-11H2,1-3H3. The number of aryl methyl sites for hydroxylation is 1. The zero-order valence-corrected chi connectivity index (χ0v) is 16.9. The lowest BCUT2D eigenvalue weighted by Gasteiger charge is -2.25. The summed E-state index contributed by atoms with van der Waals surface area (Å²) >= 11 is 7.71. The third-order valence-electron chi connectivity index (χ3n) is 4.48. The van der Waals surface area contributed by atoms with Crippen molar-refractivity contribution in [1.29, 1.82) is 0 Å². The summed E-state index contributed by atoms with van der Waals surface area (Å²) in [6.45, 7) is 6.37. The lowest BCUT2D eigenvalue weighted by Crippen LogP contribution is -2.41. The maximum Gasteiger partial charge on any atom is 0.236 e. The van der Waals surface area contributed by atoms with E-state index in [1.165, 1.54) is 0 Å². The maximum absolute atomic E-state index is 12.7. The second-order valence-electron chi connectivity index (χ2n) is 6.68. The summed E-state index contributed by atoms with van der Waals surface area (Å²) in [5, 5.41) is 3.69. The van der Waals surface area contributed by atoms with Gasteiger partial charge in [0.1, 0.15) is 11.9 Å². The molecule has 0 aliphatic carbocycles. The number of thiazole rings is 1. The first-order chi connectivity index (χ1) is 12.4. The lowest BCUT2D eigenvalue weighted by molar-refractivity contribution is -0.132. The Balaban J connectivity index is 1.67. The van der Waals surface area contributed by atoms with Crippen LogP contribution in [0, 0.1) is 6.92 Å². The number of aromatic nitrogens is 1. The number of carbonyl (C=O) groups excluding carboxylic acids is 1. The van der Waals surface area contributed by atoms with E-state index in [1.807, 2.05) is 37.6 Å². The highest BCUT2D eigenvalue weighted by Crippen LogP contribution is 2.29. The number of hydrogen-bond donors (Lipinski definition) is 0. The Bertz CT molecular complexity index is 780. The van der Waals surface area contributed by atoms with Gasteiger partial charge in [0.25, 0.3) is 0 Å². The van der Waals surface area contributed by atoms with Crippen LogP contribution in [0.25, 0.3) is 0 Å². The molecule has 1 aliphatic heterocycles. The summed E-state index contributed by atoms with van der Waals surface area (Å²) < 4.78 is 6.10. The number of nitrogens with zero attached hydrogens (tertiary/aromatic N) is 3. The van der Waals surface area contributed by atoms with Gasteiger partial charge in [0, 0.05) is 36.1 Å². The third-order valence-corrected chi connectivity index (χ3v) is 5.54. The predicted octanol–water partition coefficient (Wildman–Crippen LogP) is 3.74. The number of rotatable bonds is 5. The molecule has 1 aromatic carbocycles. The van der Waals surface area contributed by atoms with Gasteiger partial charge in [-0.25, -0.2) is 4.98 Å². The average molecular weight is 394 g/mol. The van der Waals surface area contributed by atoms with Crippen molar-refractivity contribution in [3.05, 3.63) is 44.9 Å². The van der Waals surface area contributed by atoms with Crippen LogP contribution in [0.4, 0.5) is 0 Å². The Morgan fingerprint density at radius 2 is 2.31 bits per heavy atom. The van der Waals surface area contributed by atoms with Gasteiger partial charge in [-0.3, -0.25) is 9.69 Å². The molecular formula is C19H24ClN3O2S. The van der Waals surface area contributed by atoms with Crippen LogP contribution in [0.2, 0.25) is 5.02 Å². The van der Waals surface area contributed by atoms with Crippen molar-refractivity contribution >= 4 is 28.8 Å². The fourth-order valence-corrected chi connectivity index (χ4v) is 3.80. The average Bonchev–Trinajstić information content (AvgIpc) is 2.92. The monoisotopic (exact) mass is 393 g/mol. The zero-order chi connectivity index (χ0) is 18.7. The second-order valence-corrected chi connectivity index (χ2v) is 8.18. The first kappa shape index (κ1) is 19.1. The van der Waals surface area contributed by atoms with Gasteiger partial charge in [-0.1, -0.05) is 24.6 Å². The molecule has 0 N–H and O–H groups in total. The molecule has 0 spiro atoms. The number of fused-ring (bicyclic) bond motifs is 1. The van der Waals surface area contributed by atoms with Crippen molar-refractivity contribution in [3.8, 4) is 5.75 Å². The molecule has 3 rings (SSSR count). The molecule has 0 fully saturated rings. The minimum atomic E-state index is 0.0500. The molecule has 0 radical (unpaired) electrons. The SMILES string of the molecule is CCC1CN(CC(=O)N(C)Cc2csc(C)n2)Cc2ccc(Cl)cc2O1. The van der Waals surface area contributed by atoms with E-state index in [1.54, 1.807) is 16.2 Å². The van der Waals surface area contributed by atoms with Crippen LogP contribution in [0.15, 0.2) is 23.6 Å². The Kier molecular flexibility index (Phi) is 6.16. The van der Waals surface area contributed by atoms with Crippen molar-refractivity contribution in [2.24, 2.45) is 0 Å². The van der Waals surface area contributed by atoms with E-state index in [2.05, 4.69) is 16.8 Å². The molecule has 2 heterocycles. The highest BCUT2D eigenvalue weighted by molar-refractivity contribution is 7.09. The Hall–Kier alpha value is -1.63. The summed E-state index contributed by atoms with van der Waals surface area (Å²) in [7, 11) is 1.83. The molecule has 1 atom stereocenters. The zero-order valence-electron chi connectivity index (χ0n) is 15.4. The molecular weight excluding hydrogens is 370 g/mol. The van der Waals surface area contributed by atoms with Gasteiger partial charge >= 0.3 is 0 Å². The third kappa shape index (κ3) is 4.75. The molecule has 2 aromatic rings. The summed E-state index contributed by atoms with van der Waals surface area (Å²) in [4.78, 5) is 21.0. The number of hydrogen-bond acceptors (Lipinski definition) is 5. The van der Waals surface area contributed by atoms with Gasteiger partial charge in [0.15, 0.2) is 0 Å². The number of amides is 1. The minimum absolute atomic E-state index is 0.0500. The number of carbonyl (C=O) groups is 1. The van der Waals surface area contributed by atoms with Crippen LogP contribution in [0.1, 0.15) is 29.6 Å². The largest absolute Gasteiger partial charge is 0.489 e. The first-order valence-corrected chi connectivity index (χ1v) is 10.0. The number of halogens is 1. The van der Waals surface area contributed by atoms with E-state index < -0.39 is 0 Å². The number of benzene rings is 1. The Morgan fingerprint density at radius 1 is 1.50 bits per heavy atom. The van der Waals surface area contributed by atoms with Crippen molar-refractivity contribution in [2.45, 2.75) is 39.5 Å². The fraction of sp³-hybridized carbons (Fsp3) is 0.474. The van der Waals surface area contributed by atoms with Crippen LogP contribution in [-0.4, -0.2) is 46.9 Å². The lowest BCUT2D eigenvalue weighted by atomic mass is 10.2. The second kappa shape index (κ2) is 8.37. The Morgan fingerprint density at radius 3 is 3.00 bits per heavy atom. The van der Waals surface area contributed by atoms with Gasteiger partial charge in [-0.05, 0) is 25.5 Å². The molecule has 0 bridgehead atoms. The van der Waals surface area contributed by atoms with Crippen LogP contribution in [0.5, 0.6) is 5.75 Å². The topological polar surface area (TPSA) is 45.7 Å². The van der Waals surface area contributed by atoms with E-state index in [-0.39, 0.29) is 12.0 Å². The molecule has 1 aliphatic rings. The molecule has 140 valence electrons. The maximum atomic E-state index is 12.7. The summed E-state index contributed by atoms with van der Waals surface area (Å²) in [6.07, 6.45) is 0.930. The van der Waals surface area contributed by atoms with Crippen molar-refractivity contribution < 1.29 is 9.53 Å². The van der Waals surface area contributed by atoms with Crippen LogP contribution in [-0.2, 0) is 17.9 Å².